The summed E-state index contributed by atoms with van der Waals surface area (Å²) in [5.41, 5.74) is 0. The molecule has 2 nitrogen and oxygen atoms in total. The molecule has 4 heterocycles. The topological polar surface area (TPSA) is 18.5 Å². The van der Waals surface area contributed by atoms with E-state index in [9.17, 15) is 0 Å². The molecule has 0 amide bonds. The first-order chi connectivity index (χ1) is 10.4. The van der Waals surface area contributed by atoms with Crippen LogP contribution in [0.25, 0.3) is 0 Å². The second kappa shape index (κ2) is 5.77. The molecule has 0 bridgehead atoms. The van der Waals surface area contributed by atoms with Crippen LogP contribution in [0.15, 0.2) is 27.1 Å². The standard InChI is InChI=1S/C13H12O2S6/c1-2-6-7(3-1)17-11-10(16-6)20-13(21-11)12-18-8-9(19-12)15-5-4-14-8/h6-7H,1-5H2. The van der Waals surface area contributed by atoms with E-state index in [1.807, 2.05) is 23.5 Å². The van der Waals surface area contributed by atoms with Crippen LogP contribution < -0.4 is 0 Å². The van der Waals surface area contributed by atoms with E-state index >= 15 is 0 Å². The molecule has 5 aliphatic rings. The van der Waals surface area contributed by atoms with E-state index in [0.29, 0.717) is 13.2 Å². The lowest BCUT2D eigenvalue weighted by Gasteiger charge is -2.24. The van der Waals surface area contributed by atoms with E-state index in [1.165, 1.54) is 27.7 Å². The minimum atomic E-state index is 0.680. The highest BCUT2D eigenvalue weighted by atomic mass is 32.3. The molecule has 0 saturated heterocycles. The van der Waals surface area contributed by atoms with Crippen LogP contribution in [0.5, 0.6) is 0 Å². The van der Waals surface area contributed by atoms with Crippen molar-refractivity contribution in [3.63, 3.8) is 0 Å². The van der Waals surface area contributed by atoms with E-state index in [4.69, 9.17) is 9.47 Å². The van der Waals surface area contributed by atoms with Crippen molar-refractivity contribution >= 4 is 70.6 Å². The Labute approximate surface area is 149 Å². The molecule has 0 aromatic rings. The molecule has 0 spiro atoms. The van der Waals surface area contributed by atoms with Gasteiger partial charge < -0.3 is 9.47 Å². The van der Waals surface area contributed by atoms with Gasteiger partial charge in [-0.25, -0.2) is 0 Å². The van der Waals surface area contributed by atoms with E-state index in [-0.39, 0.29) is 0 Å². The average Bonchev–Trinajstić information content (AvgIpc) is 3.20. The molecule has 112 valence electrons. The fourth-order valence-corrected chi connectivity index (χ4v) is 12.3. The number of hydrogen-bond donors (Lipinski definition) is 0. The number of thioether (sulfide) groups is 6. The molecule has 0 aromatic carbocycles. The molecule has 2 atom stereocenters. The third kappa shape index (κ3) is 2.58. The molecule has 1 aliphatic carbocycles. The van der Waals surface area contributed by atoms with E-state index in [1.54, 1.807) is 32.0 Å². The van der Waals surface area contributed by atoms with Gasteiger partial charge in [-0.15, -0.1) is 23.5 Å². The fraction of sp³-hybridized carbons (Fsp3) is 0.538. The monoisotopic (exact) mass is 392 g/mol. The summed E-state index contributed by atoms with van der Waals surface area (Å²) >= 11 is 11.7. The first-order valence-corrected chi connectivity index (χ1v) is 11.9. The quantitative estimate of drug-likeness (QED) is 0.510. The van der Waals surface area contributed by atoms with Gasteiger partial charge in [-0.1, -0.05) is 29.9 Å². The van der Waals surface area contributed by atoms with Crippen LogP contribution in [0.4, 0.5) is 0 Å². The second-order valence-electron chi connectivity index (χ2n) is 5.07. The van der Waals surface area contributed by atoms with Gasteiger partial charge in [0.15, 0.2) is 0 Å². The Morgan fingerprint density at radius 3 is 1.76 bits per heavy atom. The molecule has 0 aromatic heterocycles. The maximum absolute atomic E-state index is 5.69. The summed E-state index contributed by atoms with van der Waals surface area (Å²) in [5.74, 6) is 0. The first-order valence-electron chi connectivity index (χ1n) is 6.90. The van der Waals surface area contributed by atoms with Crippen LogP contribution >= 0.6 is 70.6 Å². The molecule has 1 saturated carbocycles. The van der Waals surface area contributed by atoms with Crippen LogP contribution in [0.3, 0.4) is 0 Å². The van der Waals surface area contributed by atoms with Gasteiger partial charge in [0.05, 0.1) is 16.9 Å². The molecular weight excluding hydrogens is 381 g/mol. The normalized spacial score (nSPS) is 34.7. The summed E-state index contributed by atoms with van der Waals surface area (Å²) in [6.45, 7) is 1.36. The Morgan fingerprint density at radius 1 is 0.667 bits per heavy atom. The Kier molecular flexibility index (Phi) is 3.93. The predicted molar refractivity (Wildman–Crippen MR) is 100.0 cm³/mol. The van der Waals surface area contributed by atoms with Crippen LogP contribution in [-0.4, -0.2) is 23.7 Å². The average molecular weight is 393 g/mol. The highest BCUT2D eigenvalue weighted by molar-refractivity contribution is 8.43. The zero-order chi connectivity index (χ0) is 13.8. The van der Waals surface area contributed by atoms with E-state index in [0.717, 1.165) is 20.7 Å². The number of fused-ring (bicyclic) bond motifs is 1. The Bertz CT molecular complexity index is 549. The summed E-state index contributed by atoms with van der Waals surface area (Å²) in [5, 5.41) is 3.65. The summed E-state index contributed by atoms with van der Waals surface area (Å²) in [6, 6.07) is 0. The largest absolute Gasteiger partial charge is 0.480 e. The molecule has 21 heavy (non-hydrogen) atoms. The summed E-state index contributed by atoms with van der Waals surface area (Å²) in [6.07, 6.45) is 4.21. The fourth-order valence-electron chi connectivity index (χ4n) is 2.74. The third-order valence-electron chi connectivity index (χ3n) is 3.70. The molecule has 0 N–H and O–H groups in total. The van der Waals surface area contributed by atoms with Gasteiger partial charge in [0, 0.05) is 10.5 Å². The van der Waals surface area contributed by atoms with Crippen molar-refractivity contribution in [3.05, 3.63) is 27.1 Å². The van der Waals surface area contributed by atoms with Gasteiger partial charge in [0.1, 0.15) is 13.2 Å². The zero-order valence-electron chi connectivity index (χ0n) is 11.0. The van der Waals surface area contributed by atoms with Crippen molar-refractivity contribution in [2.45, 2.75) is 29.8 Å². The SMILES string of the molecule is C1CC2SC3=C(SC(=C4SC5=C(OCCO5)S4)S3)SC2C1. The molecular formula is C13H12O2S6. The Hall–Kier alpha value is 0.920. The zero-order valence-corrected chi connectivity index (χ0v) is 15.9. The molecule has 4 aliphatic heterocycles. The first kappa shape index (κ1) is 14.3. The number of ether oxygens (including phenoxy) is 2. The maximum Gasteiger partial charge on any atom is 0.208 e. The summed E-state index contributed by atoms with van der Waals surface area (Å²) in [4.78, 5) is 0. The minimum absolute atomic E-state index is 0.680. The Balaban J connectivity index is 1.35. The third-order valence-corrected chi connectivity index (χ3v) is 13.0. The lowest BCUT2D eigenvalue weighted by atomic mass is 10.4. The molecule has 0 radical (unpaired) electrons. The van der Waals surface area contributed by atoms with Gasteiger partial charge in [-0.2, -0.15) is 0 Å². The van der Waals surface area contributed by atoms with Crippen LogP contribution in [0.1, 0.15) is 19.3 Å². The summed E-state index contributed by atoms with van der Waals surface area (Å²) in [7, 11) is 0. The highest BCUT2D eigenvalue weighted by Gasteiger charge is 2.40. The van der Waals surface area contributed by atoms with Crippen molar-refractivity contribution in [3.8, 4) is 0 Å². The molecule has 8 heteroatoms. The van der Waals surface area contributed by atoms with Crippen molar-refractivity contribution in [1.82, 2.24) is 0 Å². The molecule has 1 fully saturated rings. The second-order valence-corrected chi connectivity index (χ2v) is 12.6. The number of hydrogen-bond acceptors (Lipinski definition) is 8. The van der Waals surface area contributed by atoms with Crippen LogP contribution in [-0.2, 0) is 9.47 Å². The van der Waals surface area contributed by atoms with Crippen molar-refractivity contribution < 1.29 is 9.47 Å². The van der Waals surface area contributed by atoms with Gasteiger partial charge in [0.25, 0.3) is 0 Å². The lowest BCUT2D eigenvalue weighted by Crippen LogP contribution is -2.14. The molecule has 2 unspecified atom stereocenters. The van der Waals surface area contributed by atoms with Crippen LogP contribution in [0, 0.1) is 0 Å². The smallest absolute Gasteiger partial charge is 0.208 e. The predicted octanol–water partition coefficient (Wildman–Crippen LogP) is 5.77. The Morgan fingerprint density at radius 2 is 1.19 bits per heavy atom. The minimum Gasteiger partial charge on any atom is -0.480 e. The maximum atomic E-state index is 5.69. The van der Waals surface area contributed by atoms with Crippen molar-refractivity contribution in [2.75, 3.05) is 13.2 Å². The van der Waals surface area contributed by atoms with Gasteiger partial charge in [-0.3, -0.25) is 0 Å². The van der Waals surface area contributed by atoms with Crippen LogP contribution in [0.2, 0.25) is 0 Å². The highest BCUT2D eigenvalue weighted by Crippen LogP contribution is 2.68. The van der Waals surface area contributed by atoms with Crippen molar-refractivity contribution in [1.29, 1.82) is 0 Å². The number of rotatable bonds is 0. The summed E-state index contributed by atoms with van der Waals surface area (Å²) < 4.78 is 17.2. The molecule has 5 rings (SSSR count). The van der Waals surface area contributed by atoms with Gasteiger partial charge in [0.2, 0.25) is 10.2 Å². The van der Waals surface area contributed by atoms with E-state index < -0.39 is 0 Å². The van der Waals surface area contributed by atoms with Crippen molar-refractivity contribution in [2.24, 2.45) is 0 Å². The van der Waals surface area contributed by atoms with Gasteiger partial charge in [-0.05, 0) is 36.4 Å². The lowest BCUT2D eigenvalue weighted by molar-refractivity contribution is 0.0949. The van der Waals surface area contributed by atoms with E-state index in [2.05, 4.69) is 23.5 Å². The van der Waals surface area contributed by atoms with Gasteiger partial charge >= 0.3 is 0 Å².